The third kappa shape index (κ3) is 3.38. The third-order valence-electron chi connectivity index (χ3n) is 1.79. The van der Waals surface area contributed by atoms with Crippen molar-refractivity contribution in [2.24, 2.45) is 0 Å². The average molecular weight is 181 g/mol. The zero-order chi connectivity index (χ0) is 9.52. The molecule has 1 heterocycles. The van der Waals surface area contributed by atoms with E-state index in [4.69, 9.17) is 0 Å². The average Bonchev–Trinajstić information content (AvgIpc) is 2.15. The van der Waals surface area contributed by atoms with Crippen molar-refractivity contribution in [3.63, 3.8) is 0 Å². The Kier molecular flexibility index (Phi) is 4.18. The van der Waals surface area contributed by atoms with Gasteiger partial charge in [0.25, 0.3) is 0 Å². The van der Waals surface area contributed by atoms with Crippen LogP contribution in [-0.4, -0.2) is 22.6 Å². The minimum atomic E-state index is -0.168. The first kappa shape index (κ1) is 9.92. The van der Waals surface area contributed by atoms with E-state index in [1.165, 1.54) is 6.20 Å². The molecule has 1 rings (SSSR count). The summed E-state index contributed by atoms with van der Waals surface area (Å²) in [6.45, 7) is 4.72. The maximum Gasteiger partial charge on any atom is 0.347 e. The molecule has 0 saturated carbocycles. The van der Waals surface area contributed by atoms with Gasteiger partial charge in [-0.15, -0.1) is 0 Å². The zero-order valence-electron chi connectivity index (χ0n) is 7.86. The van der Waals surface area contributed by atoms with Crippen LogP contribution in [0.25, 0.3) is 0 Å². The van der Waals surface area contributed by atoms with Crippen molar-refractivity contribution >= 4 is 0 Å². The van der Waals surface area contributed by atoms with Crippen LogP contribution >= 0.6 is 0 Å². The smallest absolute Gasteiger partial charge is 0.317 e. The Morgan fingerprint density at radius 1 is 1.62 bits per heavy atom. The Morgan fingerprint density at radius 3 is 3.15 bits per heavy atom. The van der Waals surface area contributed by atoms with Gasteiger partial charge in [0, 0.05) is 18.9 Å². The number of aromatic nitrogens is 2. The second-order valence-corrected chi connectivity index (χ2v) is 2.80. The van der Waals surface area contributed by atoms with Crippen molar-refractivity contribution in [1.82, 2.24) is 14.9 Å². The summed E-state index contributed by atoms with van der Waals surface area (Å²) in [5, 5.41) is 3.20. The van der Waals surface area contributed by atoms with E-state index in [-0.39, 0.29) is 5.69 Å². The standard InChI is InChI=1S/C9H15N3O/c1-2-10-5-3-7-12-8-4-6-11-9(12)13/h4,6,8,10H,2-3,5,7H2,1H3. The summed E-state index contributed by atoms with van der Waals surface area (Å²) < 4.78 is 1.62. The highest BCUT2D eigenvalue weighted by Crippen LogP contribution is 1.84. The second kappa shape index (κ2) is 5.48. The Morgan fingerprint density at radius 2 is 2.46 bits per heavy atom. The Hall–Kier alpha value is -1.16. The van der Waals surface area contributed by atoms with E-state index in [1.54, 1.807) is 16.8 Å². The minimum absolute atomic E-state index is 0.168. The predicted molar refractivity (Wildman–Crippen MR) is 51.7 cm³/mol. The molecule has 13 heavy (non-hydrogen) atoms. The van der Waals surface area contributed by atoms with Crippen molar-refractivity contribution in [2.45, 2.75) is 19.9 Å². The summed E-state index contributed by atoms with van der Waals surface area (Å²) in [7, 11) is 0. The van der Waals surface area contributed by atoms with Gasteiger partial charge in [-0.25, -0.2) is 9.78 Å². The lowest BCUT2D eigenvalue weighted by atomic mass is 10.4. The maximum absolute atomic E-state index is 11.1. The number of hydrogen-bond donors (Lipinski definition) is 1. The van der Waals surface area contributed by atoms with Crippen molar-refractivity contribution in [2.75, 3.05) is 13.1 Å². The van der Waals surface area contributed by atoms with Crippen LogP contribution in [0.15, 0.2) is 23.3 Å². The number of nitrogens with zero attached hydrogens (tertiary/aromatic N) is 2. The van der Waals surface area contributed by atoms with Gasteiger partial charge < -0.3 is 5.32 Å². The van der Waals surface area contributed by atoms with Gasteiger partial charge in [0.05, 0.1) is 0 Å². The van der Waals surface area contributed by atoms with Gasteiger partial charge in [0.2, 0.25) is 0 Å². The van der Waals surface area contributed by atoms with E-state index in [1.807, 2.05) is 0 Å². The molecule has 1 aromatic rings. The summed E-state index contributed by atoms with van der Waals surface area (Å²) in [4.78, 5) is 14.8. The monoisotopic (exact) mass is 181 g/mol. The van der Waals surface area contributed by atoms with Crippen molar-refractivity contribution in [3.8, 4) is 0 Å². The SMILES string of the molecule is CCNCCCn1cccnc1=O. The molecule has 0 aliphatic carbocycles. The molecule has 4 nitrogen and oxygen atoms in total. The molecule has 0 unspecified atom stereocenters. The molecule has 0 bridgehead atoms. The lowest BCUT2D eigenvalue weighted by Crippen LogP contribution is -2.24. The van der Waals surface area contributed by atoms with Crippen molar-refractivity contribution in [3.05, 3.63) is 28.9 Å². The van der Waals surface area contributed by atoms with Gasteiger partial charge in [-0.3, -0.25) is 4.57 Å². The van der Waals surface area contributed by atoms with E-state index >= 15 is 0 Å². The first-order chi connectivity index (χ1) is 6.34. The molecule has 4 heteroatoms. The van der Waals surface area contributed by atoms with Crippen LogP contribution in [0.2, 0.25) is 0 Å². The fourth-order valence-electron chi connectivity index (χ4n) is 1.11. The molecule has 0 saturated heterocycles. The van der Waals surface area contributed by atoms with E-state index in [2.05, 4.69) is 17.2 Å². The first-order valence-electron chi connectivity index (χ1n) is 4.56. The van der Waals surface area contributed by atoms with E-state index < -0.39 is 0 Å². The van der Waals surface area contributed by atoms with Crippen LogP contribution in [0.5, 0.6) is 0 Å². The molecule has 0 radical (unpaired) electrons. The Bertz CT molecular complexity index is 295. The fourth-order valence-corrected chi connectivity index (χ4v) is 1.11. The Balaban J connectivity index is 2.37. The second-order valence-electron chi connectivity index (χ2n) is 2.80. The zero-order valence-corrected chi connectivity index (χ0v) is 7.86. The van der Waals surface area contributed by atoms with Gasteiger partial charge >= 0.3 is 5.69 Å². The minimum Gasteiger partial charge on any atom is -0.317 e. The van der Waals surface area contributed by atoms with Gasteiger partial charge in [-0.2, -0.15) is 0 Å². The molecule has 0 fully saturated rings. The normalized spacial score (nSPS) is 10.2. The molecule has 0 spiro atoms. The molecule has 72 valence electrons. The van der Waals surface area contributed by atoms with Crippen LogP contribution in [0.3, 0.4) is 0 Å². The van der Waals surface area contributed by atoms with Crippen LogP contribution in [0, 0.1) is 0 Å². The molecule has 0 aromatic carbocycles. The molecule has 0 aliphatic rings. The van der Waals surface area contributed by atoms with Crippen molar-refractivity contribution in [1.29, 1.82) is 0 Å². The van der Waals surface area contributed by atoms with Crippen molar-refractivity contribution < 1.29 is 0 Å². The van der Waals surface area contributed by atoms with Gasteiger partial charge in [0.15, 0.2) is 0 Å². The van der Waals surface area contributed by atoms with E-state index in [9.17, 15) is 4.79 Å². The number of hydrogen-bond acceptors (Lipinski definition) is 3. The summed E-state index contributed by atoms with van der Waals surface area (Å²) >= 11 is 0. The maximum atomic E-state index is 11.1. The number of nitrogens with one attached hydrogen (secondary N) is 1. The fraction of sp³-hybridized carbons (Fsp3) is 0.556. The third-order valence-corrected chi connectivity index (χ3v) is 1.79. The lowest BCUT2D eigenvalue weighted by Gasteiger charge is -2.03. The number of aryl methyl sites for hydroxylation is 1. The molecule has 0 amide bonds. The molecule has 1 N–H and O–H groups in total. The largest absolute Gasteiger partial charge is 0.347 e. The van der Waals surface area contributed by atoms with Gasteiger partial charge in [-0.05, 0) is 25.6 Å². The summed E-state index contributed by atoms with van der Waals surface area (Å²) in [5.41, 5.74) is -0.168. The van der Waals surface area contributed by atoms with Crippen LogP contribution in [-0.2, 0) is 6.54 Å². The summed E-state index contributed by atoms with van der Waals surface area (Å²) in [6, 6.07) is 1.77. The first-order valence-corrected chi connectivity index (χ1v) is 4.56. The summed E-state index contributed by atoms with van der Waals surface area (Å²) in [6.07, 6.45) is 4.24. The van der Waals surface area contributed by atoms with Gasteiger partial charge in [-0.1, -0.05) is 6.92 Å². The molecule has 0 aliphatic heterocycles. The highest BCUT2D eigenvalue weighted by atomic mass is 16.1. The molecule has 0 atom stereocenters. The highest BCUT2D eigenvalue weighted by molar-refractivity contribution is 4.80. The highest BCUT2D eigenvalue weighted by Gasteiger charge is 1.93. The Labute approximate surface area is 77.6 Å². The molecular formula is C9H15N3O. The molecule has 1 aromatic heterocycles. The van der Waals surface area contributed by atoms with Gasteiger partial charge in [0.1, 0.15) is 0 Å². The number of rotatable bonds is 5. The van der Waals surface area contributed by atoms with Crippen LogP contribution in [0.4, 0.5) is 0 Å². The lowest BCUT2D eigenvalue weighted by molar-refractivity contribution is 0.571. The quantitative estimate of drug-likeness (QED) is 0.662. The van der Waals surface area contributed by atoms with E-state index in [0.29, 0.717) is 0 Å². The van der Waals surface area contributed by atoms with Crippen LogP contribution in [0.1, 0.15) is 13.3 Å². The predicted octanol–water partition coefficient (Wildman–Crippen LogP) is 0.243. The van der Waals surface area contributed by atoms with E-state index in [0.717, 1.165) is 26.1 Å². The van der Waals surface area contributed by atoms with Crippen LogP contribution < -0.4 is 11.0 Å². The summed E-state index contributed by atoms with van der Waals surface area (Å²) in [5.74, 6) is 0. The topological polar surface area (TPSA) is 46.9 Å². The molecular weight excluding hydrogens is 166 g/mol.